The normalized spacial score (nSPS) is 8.80. The van der Waals surface area contributed by atoms with Crippen molar-refractivity contribution in [2.45, 2.75) is 6.92 Å². The molecule has 1 rings (SSSR count). The van der Waals surface area contributed by atoms with E-state index in [1.165, 1.54) is 0 Å². The average molecular weight is 218 g/mol. The molecule has 4 nitrogen and oxygen atoms in total. The SMILES string of the molecule is Cc1ccc(C(=S)NC(=N)NC#N)cc1. The summed E-state index contributed by atoms with van der Waals surface area (Å²) < 4.78 is 0. The molecule has 0 unspecified atom stereocenters. The Morgan fingerprint density at radius 2 is 2.00 bits per heavy atom. The minimum absolute atomic E-state index is 0.122. The molecule has 76 valence electrons. The third-order valence-corrected chi connectivity index (χ3v) is 2.07. The highest BCUT2D eigenvalue weighted by Gasteiger charge is 2.02. The number of hydrogen-bond acceptors (Lipinski definition) is 3. The Hall–Kier alpha value is -1.93. The van der Waals surface area contributed by atoms with E-state index < -0.39 is 0 Å². The Morgan fingerprint density at radius 3 is 2.53 bits per heavy atom. The molecule has 0 saturated heterocycles. The zero-order valence-electron chi connectivity index (χ0n) is 8.16. The van der Waals surface area contributed by atoms with Crippen LogP contribution in [0.1, 0.15) is 11.1 Å². The number of thiocarbonyl (C=S) groups is 1. The summed E-state index contributed by atoms with van der Waals surface area (Å²) in [7, 11) is 0. The molecule has 3 N–H and O–H groups in total. The molecule has 0 saturated carbocycles. The Labute approximate surface area is 93.4 Å². The monoisotopic (exact) mass is 218 g/mol. The van der Waals surface area contributed by atoms with Gasteiger partial charge < -0.3 is 5.32 Å². The van der Waals surface area contributed by atoms with E-state index in [4.69, 9.17) is 22.9 Å². The lowest BCUT2D eigenvalue weighted by atomic mass is 10.1. The Morgan fingerprint density at radius 1 is 1.40 bits per heavy atom. The van der Waals surface area contributed by atoms with Crippen LogP contribution in [0, 0.1) is 23.8 Å². The van der Waals surface area contributed by atoms with Gasteiger partial charge in [0.15, 0.2) is 6.19 Å². The van der Waals surface area contributed by atoms with Crippen LogP contribution in [0.15, 0.2) is 24.3 Å². The van der Waals surface area contributed by atoms with Crippen LogP contribution < -0.4 is 10.6 Å². The van der Waals surface area contributed by atoms with E-state index in [1.807, 2.05) is 31.2 Å². The zero-order chi connectivity index (χ0) is 11.3. The molecular formula is C10H10N4S. The summed E-state index contributed by atoms with van der Waals surface area (Å²) >= 11 is 5.05. The van der Waals surface area contributed by atoms with Gasteiger partial charge in [0.05, 0.1) is 0 Å². The van der Waals surface area contributed by atoms with Crippen molar-refractivity contribution < 1.29 is 0 Å². The minimum atomic E-state index is -0.122. The van der Waals surface area contributed by atoms with E-state index in [-0.39, 0.29) is 5.96 Å². The predicted octanol–water partition coefficient (Wildman–Crippen LogP) is 1.27. The second kappa shape index (κ2) is 5.08. The topological polar surface area (TPSA) is 71.7 Å². The van der Waals surface area contributed by atoms with Gasteiger partial charge in [-0.25, -0.2) is 0 Å². The fourth-order valence-corrected chi connectivity index (χ4v) is 1.22. The highest BCUT2D eigenvalue weighted by Crippen LogP contribution is 2.03. The number of nitriles is 1. The lowest BCUT2D eigenvalue weighted by Crippen LogP contribution is -2.37. The molecular weight excluding hydrogens is 208 g/mol. The van der Waals surface area contributed by atoms with Gasteiger partial charge in [0.2, 0.25) is 5.96 Å². The third-order valence-electron chi connectivity index (χ3n) is 1.73. The summed E-state index contributed by atoms with van der Waals surface area (Å²) in [6.45, 7) is 1.99. The number of nitrogens with zero attached hydrogens (tertiary/aromatic N) is 1. The van der Waals surface area contributed by atoms with E-state index in [2.05, 4.69) is 10.6 Å². The smallest absolute Gasteiger partial charge is 0.207 e. The van der Waals surface area contributed by atoms with Crippen molar-refractivity contribution in [1.82, 2.24) is 10.6 Å². The first-order valence-corrected chi connectivity index (χ1v) is 4.66. The number of aryl methyl sites for hydroxylation is 1. The van der Waals surface area contributed by atoms with Crippen LogP contribution in [0.2, 0.25) is 0 Å². The molecule has 0 aliphatic carbocycles. The molecule has 1 aromatic rings. The quantitative estimate of drug-likeness (QED) is 0.218. The maximum Gasteiger partial charge on any atom is 0.207 e. The van der Waals surface area contributed by atoms with Crippen LogP contribution in [0.25, 0.3) is 0 Å². The molecule has 0 aliphatic heterocycles. The second-order valence-corrected chi connectivity index (χ2v) is 3.34. The van der Waals surface area contributed by atoms with Crippen molar-refractivity contribution in [3.05, 3.63) is 35.4 Å². The van der Waals surface area contributed by atoms with Crippen LogP contribution in [0.5, 0.6) is 0 Å². The molecule has 0 aliphatic rings. The van der Waals surface area contributed by atoms with Crippen LogP contribution in [-0.4, -0.2) is 10.9 Å². The fourth-order valence-electron chi connectivity index (χ4n) is 0.978. The van der Waals surface area contributed by atoms with Gasteiger partial charge in [-0.3, -0.25) is 10.7 Å². The first-order valence-electron chi connectivity index (χ1n) is 4.25. The summed E-state index contributed by atoms with van der Waals surface area (Å²) in [4.78, 5) is 0.419. The van der Waals surface area contributed by atoms with Gasteiger partial charge in [-0.05, 0) is 6.92 Å². The predicted molar refractivity (Wildman–Crippen MR) is 62.5 cm³/mol. The molecule has 0 amide bonds. The van der Waals surface area contributed by atoms with E-state index >= 15 is 0 Å². The van der Waals surface area contributed by atoms with Crippen molar-refractivity contribution >= 4 is 23.2 Å². The van der Waals surface area contributed by atoms with Gasteiger partial charge in [-0.2, -0.15) is 5.26 Å². The van der Waals surface area contributed by atoms with Gasteiger partial charge >= 0.3 is 0 Å². The Kier molecular flexibility index (Phi) is 3.77. The number of benzene rings is 1. The van der Waals surface area contributed by atoms with Gasteiger partial charge in [0.25, 0.3) is 0 Å². The highest BCUT2D eigenvalue weighted by molar-refractivity contribution is 7.80. The van der Waals surface area contributed by atoms with Crippen LogP contribution >= 0.6 is 12.2 Å². The molecule has 15 heavy (non-hydrogen) atoms. The number of guanidine groups is 1. The Balaban J connectivity index is 2.66. The summed E-state index contributed by atoms with van der Waals surface area (Å²) in [5.74, 6) is -0.122. The van der Waals surface area contributed by atoms with Gasteiger partial charge in [-0.15, -0.1) is 0 Å². The van der Waals surface area contributed by atoms with Crippen LogP contribution in [0.3, 0.4) is 0 Å². The van der Waals surface area contributed by atoms with Crippen molar-refractivity contribution in [2.75, 3.05) is 0 Å². The van der Waals surface area contributed by atoms with Crippen molar-refractivity contribution in [2.24, 2.45) is 0 Å². The molecule has 0 spiro atoms. The standard InChI is InChI=1S/C10H10N4S/c1-7-2-4-8(5-3-7)9(15)14-10(12)13-6-11/h2-5H,1H3,(H3,12,13,14,15). The molecule has 0 fully saturated rings. The van der Waals surface area contributed by atoms with Crippen LogP contribution in [-0.2, 0) is 0 Å². The van der Waals surface area contributed by atoms with Gasteiger partial charge in [0, 0.05) is 5.56 Å². The Bertz CT molecular complexity index is 416. The lowest BCUT2D eigenvalue weighted by molar-refractivity contribution is 1.13. The minimum Gasteiger partial charge on any atom is -0.316 e. The van der Waals surface area contributed by atoms with Gasteiger partial charge in [0.1, 0.15) is 4.99 Å². The molecule has 5 heteroatoms. The number of nitrogens with one attached hydrogen (secondary N) is 3. The molecule has 0 heterocycles. The first kappa shape index (κ1) is 11.1. The third kappa shape index (κ3) is 3.37. The zero-order valence-corrected chi connectivity index (χ0v) is 8.98. The van der Waals surface area contributed by atoms with Gasteiger partial charge in [-0.1, -0.05) is 42.0 Å². The average Bonchev–Trinajstić information content (AvgIpc) is 2.18. The molecule has 0 radical (unpaired) electrons. The highest BCUT2D eigenvalue weighted by atomic mass is 32.1. The van der Waals surface area contributed by atoms with E-state index in [0.717, 1.165) is 11.1 Å². The van der Waals surface area contributed by atoms with Crippen molar-refractivity contribution in [1.29, 1.82) is 10.7 Å². The summed E-state index contributed by atoms with van der Waals surface area (Å²) in [5, 5.41) is 20.3. The summed E-state index contributed by atoms with van der Waals surface area (Å²) in [6, 6.07) is 7.60. The van der Waals surface area contributed by atoms with Crippen molar-refractivity contribution in [3.8, 4) is 6.19 Å². The first-order chi connectivity index (χ1) is 7.13. The van der Waals surface area contributed by atoms with E-state index in [0.29, 0.717) is 4.99 Å². The molecule has 1 aromatic carbocycles. The fraction of sp³-hybridized carbons (Fsp3) is 0.100. The maximum atomic E-state index is 8.27. The molecule has 0 aromatic heterocycles. The van der Waals surface area contributed by atoms with E-state index in [9.17, 15) is 0 Å². The number of rotatable bonds is 1. The van der Waals surface area contributed by atoms with E-state index in [1.54, 1.807) is 6.19 Å². The lowest BCUT2D eigenvalue weighted by Gasteiger charge is -2.07. The summed E-state index contributed by atoms with van der Waals surface area (Å²) in [6.07, 6.45) is 1.64. The molecule has 0 bridgehead atoms. The maximum absolute atomic E-state index is 8.27. The van der Waals surface area contributed by atoms with Crippen LogP contribution in [0.4, 0.5) is 0 Å². The second-order valence-electron chi connectivity index (χ2n) is 2.93. The molecule has 0 atom stereocenters. The van der Waals surface area contributed by atoms with Crippen molar-refractivity contribution in [3.63, 3.8) is 0 Å². The number of hydrogen-bond donors (Lipinski definition) is 3. The largest absolute Gasteiger partial charge is 0.316 e. The summed E-state index contributed by atoms with van der Waals surface area (Å²) in [5.41, 5.74) is 1.96.